The van der Waals surface area contributed by atoms with Gasteiger partial charge in [-0.25, -0.2) is 4.98 Å². The Labute approximate surface area is 119 Å². The van der Waals surface area contributed by atoms with Gasteiger partial charge in [0.1, 0.15) is 11.3 Å². The van der Waals surface area contributed by atoms with E-state index >= 15 is 0 Å². The molecule has 0 radical (unpaired) electrons. The molecular weight excluding hydrogens is 245 g/mol. The number of ether oxygens (including phenoxy) is 1. The molecule has 0 aliphatic heterocycles. The largest absolute Gasteiger partial charge is 1.00 e. The van der Waals surface area contributed by atoms with E-state index in [2.05, 4.69) is 4.98 Å². The van der Waals surface area contributed by atoms with Gasteiger partial charge >= 0.3 is 18.9 Å². The summed E-state index contributed by atoms with van der Waals surface area (Å²) in [6.45, 7) is 3.71. The Kier molecular flexibility index (Phi) is 4.80. The molecule has 6 heteroatoms. The van der Waals surface area contributed by atoms with Crippen LogP contribution in [0, 0.1) is 13.8 Å². The molecule has 0 saturated heterocycles. The van der Waals surface area contributed by atoms with E-state index in [4.69, 9.17) is 4.74 Å². The molecule has 0 N–H and O–H groups in total. The summed E-state index contributed by atoms with van der Waals surface area (Å²) in [6, 6.07) is 5.41. The van der Waals surface area contributed by atoms with Crippen LogP contribution in [0.1, 0.15) is 11.3 Å². The first-order valence-electron chi connectivity index (χ1n) is 5.09. The fourth-order valence-corrected chi connectivity index (χ4v) is 2.43. The second kappa shape index (κ2) is 5.74. The zero-order valence-electron chi connectivity index (χ0n) is 10.8. The quantitative estimate of drug-likeness (QED) is 0.539. The summed E-state index contributed by atoms with van der Waals surface area (Å²) in [5, 5.41) is 0.904. The molecule has 90 valence electrons. The van der Waals surface area contributed by atoms with E-state index in [1.807, 2.05) is 26.0 Å². The number of aryl methyl sites for hydroxylation is 2. The number of rotatable bonds is 2. The molecular formula is C12H12LiNO3S. The fraction of sp³-hybridized carbons (Fsp3) is 0.250. The van der Waals surface area contributed by atoms with Crippen LogP contribution in [0.5, 0.6) is 5.75 Å². The average Bonchev–Trinajstić information content (AvgIpc) is 2.28. The zero-order valence-corrected chi connectivity index (χ0v) is 11.6. The molecule has 0 bridgehead atoms. The third-order valence-electron chi connectivity index (χ3n) is 2.63. The van der Waals surface area contributed by atoms with E-state index in [0.717, 1.165) is 16.6 Å². The second-order valence-electron chi connectivity index (χ2n) is 3.81. The number of fused-ring (bicyclic) bond motifs is 1. The summed E-state index contributed by atoms with van der Waals surface area (Å²) in [5.74, 6) is 0.308. The van der Waals surface area contributed by atoms with Crippen LogP contribution in [0.4, 0.5) is 0 Å². The molecule has 4 nitrogen and oxygen atoms in total. The van der Waals surface area contributed by atoms with Crippen LogP contribution in [0.3, 0.4) is 0 Å². The molecule has 0 aliphatic rings. The van der Waals surface area contributed by atoms with Crippen molar-refractivity contribution in [2.24, 2.45) is 0 Å². The van der Waals surface area contributed by atoms with Crippen molar-refractivity contribution in [3.63, 3.8) is 0 Å². The van der Waals surface area contributed by atoms with Crippen LogP contribution in [0.15, 0.2) is 23.1 Å². The topological polar surface area (TPSA) is 56.3 Å². The van der Waals surface area contributed by atoms with Crippen molar-refractivity contribution >= 4 is 21.6 Å². The Hall–Kier alpha value is -1.02. The Balaban J connectivity index is 0.00000162. The molecule has 0 fully saturated rings. The molecule has 18 heavy (non-hydrogen) atoms. The molecule has 0 amide bonds. The third-order valence-corrected chi connectivity index (χ3v) is 3.29. The molecule has 0 unspecified atom stereocenters. The van der Waals surface area contributed by atoms with Gasteiger partial charge in [0, 0.05) is 11.1 Å². The summed E-state index contributed by atoms with van der Waals surface area (Å²) in [6.07, 6.45) is 0. The molecule has 0 aliphatic carbocycles. The van der Waals surface area contributed by atoms with Crippen molar-refractivity contribution in [1.82, 2.24) is 4.98 Å². The van der Waals surface area contributed by atoms with Gasteiger partial charge in [-0.05, 0) is 41.1 Å². The Morgan fingerprint density at radius 1 is 1.22 bits per heavy atom. The molecule has 1 aromatic carbocycles. The standard InChI is InChI=1S/C12H12NO3S.Li/c1-7-6-10(17(14)15)12(16-3)11-9(7)5-4-8(2)13-11;/h4-6H,1-3H3;/q-1;+1. The zero-order chi connectivity index (χ0) is 12.6. The van der Waals surface area contributed by atoms with Crippen LogP contribution >= 0.6 is 0 Å². The predicted octanol–water partition coefficient (Wildman–Crippen LogP) is -0.468. The molecule has 1 heterocycles. The first kappa shape index (κ1) is 15.0. The summed E-state index contributed by atoms with van der Waals surface area (Å²) in [7, 11) is -0.879. The van der Waals surface area contributed by atoms with Gasteiger partial charge in [-0.3, -0.25) is 0 Å². The Bertz CT molecular complexity index is 660. The van der Waals surface area contributed by atoms with Crippen LogP contribution in [-0.2, 0) is 19.1 Å². The van der Waals surface area contributed by atoms with Gasteiger partial charge in [0.15, 0.2) is 0 Å². The minimum Gasteiger partial charge on any atom is -0.496 e. The van der Waals surface area contributed by atoms with E-state index in [-0.39, 0.29) is 23.8 Å². The number of hydrogen-bond acceptors (Lipinski definition) is 5. The van der Waals surface area contributed by atoms with Gasteiger partial charge in [0.25, 0.3) is 0 Å². The first-order chi connectivity index (χ1) is 8.04. The maximum absolute atomic E-state index is 11.2. The molecule has 0 atom stereocenters. The molecule has 0 spiro atoms. The second-order valence-corrected chi connectivity index (χ2v) is 4.72. The van der Waals surface area contributed by atoms with E-state index in [1.54, 1.807) is 6.07 Å². The number of aromatic nitrogens is 1. The SMILES string of the molecule is COc1c([S-](=O)=O)cc(C)c2ccc(C)nc12.[Li+]. The Morgan fingerprint density at radius 3 is 2.44 bits per heavy atom. The summed E-state index contributed by atoms with van der Waals surface area (Å²) in [4.78, 5) is 4.50. The number of nitrogens with zero attached hydrogens (tertiary/aromatic N) is 1. The van der Waals surface area contributed by atoms with Crippen molar-refractivity contribution in [2.45, 2.75) is 18.7 Å². The minimum atomic E-state index is -2.33. The number of hydrogen-bond donors (Lipinski definition) is 0. The van der Waals surface area contributed by atoms with E-state index in [1.165, 1.54) is 7.11 Å². The smallest absolute Gasteiger partial charge is 0.496 e. The number of benzene rings is 1. The van der Waals surface area contributed by atoms with E-state index < -0.39 is 10.7 Å². The maximum atomic E-state index is 11.2. The van der Waals surface area contributed by atoms with E-state index in [9.17, 15) is 8.42 Å². The van der Waals surface area contributed by atoms with Crippen molar-refractivity contribution in [1.29, 1.82) is 0 Å². The summed E-state index contributed by atoms with van der Waals surface area (Å²) < 4.78 is 27.5. The van der Waals surface area contributed by atoms with Crippen molar-refractivity contribution in [3.8, 4) is 5.75 Å². The van der Waals surface area contributed by atoms with Crippen LogP contribution < -0.4 is 23.6 Å². The average molecular weight is 257 g/mol. The molecule has 1 aromatic heterocycles. The van der Waals surface area contributed by atoms with Gasteiger partial charge < -0.3 is 13.2 Å². The molecule has 2 aromatic rings. The van der Waals surface area contributed by atoms with Gasteiger partial charge in [0.2, 0.25) is 0 Å². The number of methoxy groups -OCH3 is 1. The van der Waals surface area contributed by atoms with Crippen LogP contribution in [0.25, 0.3) is 10.9 Å². The molecule has 2 rings (SSSR count). The normalized spacial score (nSPS) is 10.4. The van der Waals surface area contributed by atoms with Crippen LogP contribution in [0.2, 0.25) is 0 Å². The van der Waals surface area contributed by atoms with Gasteiger partial charge in [0.05, 0.1) is 7.11 Å². The monoisotopic (exact) mass is 257 g/mol. The van der Waals surface area contributed by atoms with Crippen molar-refractivity contribution in [3.05, 3.63) is 29.5 Å². The van der Waals surface area contributed by atoms with Gasteiger partial charge in [-0.2, -0.15) is 0 Å². The maximum Gasteiger partial charge on any atom is 1.00 e. The number of pyridine rings is 1. The summed E-state index contributed by atoms with van der Waals surface area (Å²) in [5.41, 5.74) is 2.28. The van der Waals surface area contributed by atoms with Gasteiger partial charge in [-0.15, -0.1) is 0 Å². The van der Waals surface area contributed by atoms with E-state index in [0.29, 0.717) is 11.3 Å². The van der Waals surface area contributed by atoms with Crippen molar-refractivity contribution in [2.75, 3.05) is 7.11 Å². The van der Waals surface area contributed by atoms with Crippen LogP contribution in [-0.4, -0.2) is 12.1 Å². The van der Waals surface area contributed by atoms with Crippen molar-refractivity contribution < 1.29 is 32.0 Å². The first-order valence-corrected chi connectivity index (χ1v) is 6.16. The fourth-order valence-electron chi connectivity index (χ4n) is 1.83. The predicted molar refractivity (Wildman–Crippen MR) is 64.8 cm³/mol. The molecule has 0 saturated carbocycles. The summed E-state index contributed by atoms with van der Waals surface area (Å²) >= 11 is 0. The third kappa shape index (κ3) is 2.53. The Morgan fingerprint density at radius 2 is 1.89 bits per heavy atom. The minimum absolute atomic E-state index is 0. The van der Waals surface area contributed by atoms with Gasteiger partial charge in [-0.1, -0.05) is 12.1 Å².